The molecule has 3 aromatic rings. The van der Waals surface area contributed by atoms with E-state index in [1.54, 1.807) is 42.5 Å². The number of nitrogens with one attached hydrogen (secondary N) is 3. The van der Waals surface area contributed by atoms with E-state index in [1.165, 1.54) is 24.3 Å². The van der Waals surface area contributed by atoms with Crippen LogP contribution in [0.15, 0.2) is 72.8 Å². The average molecular weight is 445 g/mol. The number of carbonyl (C=O) groups is 3. The Morgan fingerprint density at radius 1 is 0.848 bits per heavy atom. The summed E-state index contributed by atoms with van der Waals surface area (Å²) in [6.45, 7) is 2.30. The van der Waals surface area contributed by atoms with Gasteiger partial charge in [-0.15, -0.1) is 0 Å². The molecule has 0 bridgehead atoms. The fraction of sp³-hybridized carbons (Fsp3) is 0.192. The second kappa shape index (κ2) is 9.65. The molecule has 3 N–H and O–H groups in total. The zero-order valence-electron chi connectivity index (χ0n) is 18.1. The van der Waals surface area contributed by atoms with Gasteiger partial charge in [0.1, 0.15) is 5.82 Å². The topological polar surface area (TPSA) is 87.3 Å². The molecule has 6 nitrogen and oxygen atoms in total. The number of hydrogen-bond donors (Lipinski definition) is 3. The molecule has 1 fully saturated rings. The highest BCUT2D eigenvalue weighted by Gasteiger charge is 2.39. The molecule has 4 rings (SSSR count). The predicted octanol–water partition coefficient (Wildman–Crippen LogP) is 4.60. The van der Waals surface area contributed by atoms with Crippen molar-refractivity contribution in [2.75, 3.05) is 10.6 Å². The fourth-order valence-electron chi connectivity index (χ4n) is 3.51. The molecule has 168 valence electrons. The van der Waals surface area contributed by atoms with Crippen molar-refractivity contribution in [3.8, 4) is 0 Å². The van der Waals surface area contributed by atoms with Crippen LogP contribution in [-0.2, 0) is 11.3 Å². The van der Waals surface area contributed by atoms with Crippen molar-refractivity contribution in [2.24, 2.45) is 11.8 Å². The summed E-state index contributed by atoms with van der Waals surface area (Å²) in [6, 6.07) is 19.2. The van der Waals surface area contributed by atoms with Gasteiger partial charge in [0.25, 0.3) is 11.8 Å². The molecule has 33 heavy (non-hydrogen) atoms. The second-order valence-electron chi connectivity index (χ2n) is 8.23. The molecule has 2 atom stereocenters. The van der Waals surface area contributed by atoms with Crippen molar-refractivity contribution in [3.05, 3.63) is 95.3 Å². The van der Waals surface area contributed by atoms with E-state index in [4.69, 9.17) is 0 Å². The molecule has 0 aliphatic heterocycles. The van der Waals surface area contributed by atoms with Gasteiger partial charge < -0.3 is 16.0 Å². The van der Waals surface area contributed by atoms with Crippen LogP contribution in [0.5, 0.6) is 0 Å². The number of hydrogen-bond acceptors (Lipinski definition) is 3. The average Bonchev–Trinajstić information content (AvgIpc) is 3.55. The Hall–Kier alpha value is -4.00. The van der Waals surface area contributed by atoms with Crippen LogP contribution in [0, 0.1) is 17.7 Å². The lowest BCUT2D eigenvalue weighted by molar-refractivity contribution is -0.117. The van der Waals surface area contributed by atoms with Crippen molar-refractivity contribution in [3.63, 3.8) is 0 Å². The van der Waals surface area contributed by atoms with Gasteiger partial charge in [0.15, 0.2) is 0 Å². The first-order valence-electron chi connectivity index (χ1n) is 10.7. The summed E-state index contributed by atoms with van der Waals surface area (Å²) in [7, 11) is 0. The molecule has 3 amide bonds. The van der Waals surface area contributed by atoms with Gasteiger partial charge in [0.05, 0.1) is 0 Å². The lowest BCUT2D eigenvalue weighted by atomic mass is 10.1. The molecule has 0 spiro atoms. The van der Waals surface area contributed by atoms with Gasteiger partial charge in [-0.2, -0.15) is 0 Å². The molecular formula is C26H24FN3O3. The van der Waals surface area contributed by atoms with E-state index in [1.807, 2.05) is 13.0 Å². The molecule has 0 saturated heterocycles. The maximum absolute atomic E-state index is 13.0. The van der Waals surface area contributed by atoms with E-state index in [0.717, 1.165) is 12.0 Å². The van der Waals surface area contributed by atoms with Crippen LogP contribution < -0.4 is 16.0 Å². The standard InChI is InChI=1S/C26H24FN3O3/c1-16-12-23(16)26(33)30-22-7-3-5-19(14-22)24(31)28-15-17-4-2-6-21(13-17)29-25(32)18-8-10-20(27)11-9-18/h2-11,13-14,16,23H,12,15H2,1H3,(H,28,31)(H,29,32)(H,30,33). The maximum Gasteiger partial charge on any atom is 0.255 e. The van der Waals surface area contributed by atoms with Gasteiger partial charge in [0, 0.05) is 35.0 Å². The lowest BCUT2D eigenvalue weighted by Crippen LogP contribution is -2.23. The Bertz CT molecular complexity index is 1190. The van der Waals surface area contributed by atoms with Crippen LogP contribution in [0.4, 0.5) is 15.8 Å². The molecular weight excluding hydrogens is 421 g/mol. The Kier molecular flexibility index (Phi) is 6.49. The van der Waals surface area contributed by atoms with Crippen molar-refractivity contribution in [1.82, 2.24) is 5.32 Å². The first-order chi connectivity index (χ1) is 15.9. The van der Waals surface area contributed by atoms with Crippen molar-refractivity contribution in [2.45, 2.75) is 19.9 Å². The number of rotatable bonds is 7. The predicted molar refractivity (Wildman–Crippen MR) is 124 cm³/mol. The molecule has 0 heterocycles. The van der Waals surface area contributed by atoms with Crippen LogP contribution in [0.25, 0.3) is 0 Å². The summed E-state index contributed by atoms with van der Waals surface area (Å²) in [5.41, 5.74) is 2.75. The van der Waals surface area contributed by atoms with Crippen LogP contribution in [0.1, 0.15) is 39.6 Å². The minimum Gasteiger partial charge on any atom is -0.348 e. The third kappa shape index (κ3) is 5.83. The molecule has 7 heteroatoms. The zero-order chi connectivity index (χ0) is 23.4. The fourth-order valence-corrected chi connectivity index (χ4v) is 3.51. The molecule has 1 aliphatic carbocycles. The first-order valence-corrected chi connectivity index (χ1v) is 10.7. The molecule has 1 saturated carbocycles. The molecule has 2 unspecified atom stereocenters. The summed E-state index contributed by atoms with van der Waals surface area (Å²) in [6.07, 6.45) is 0.898. The van der Waals surface area contributed by atoms with Crippen LogP contribution >= 0.6 is 0 Å². The SMILES string of the molecule is CC1CC1C(=O)Nc1cccc(C(=O)NCc2cccc(NC(=O)c3ccc(F)cc3)c2)c1. The second-order valence-corrected chi connectivity index (χ2v) is 8.23. The summed E-state index contributed by atoms with van der Waals surface area (Å²) in [5.74, 6) is -0.581. The number of carbonyl (C=O) groups excluding carboxylic acids is 3. The lowest BCUT2D eigenvalue weighted by Gasteiger charge is -2.10. The summed E-state index contributed by atoms with van der Waals surface area (Å²) in [4.78, 5) is 37.1. The quantitative estimate of drug-likeness (QED) is 0.497. The van der Waals surface area contributed by atoms with Gasteiger partial charge in [0.2, 0.25) is 5.91 Å². The van der Waals surface area contributed by atoms with Gasteiger partial charge >= 0.3 is 0 Å². The van der Waals surface area contributed by atoms with Gasteiger partial charge in [-0.25, -0.2) is 4.39 Å². The highest BCUT2D eigenvalue weighted by molar-refractivity contribution is 6.04. The molecule has 0 radical (unpaired) electrons. The van der Waals surface area contributed by atoms with E-state index in [9.17, 15) is 18.8 Å². The maximum atomic E-state index is 13.0. The highest BCUT2D eigenvalue weighted by atomic mass is 19.1. The first kappa shape index (κ1) is 22.2. The molecule has 0 aromatic heterocycles. The molecule has 1 aliphatic rings. The zero-order valence-corrected chi connectivity index (χ0v) is 18.1. The van der Waals surface area contributed by atoms with Crippen LogP contribution in [0.3, 0.4) is 0 Å². The number of halogens is 1. The number of anilines is 2. The monoisotopic (exact) mass is 445 g/mol. The van der Waals surface area contributed by atoms with E-state index in [0.29, 0.717) is 28.4 Å². The summed E-state index contributed by atoms with van der Waals surface area (Å²) >= 11 is 0. The van der Waals surface area contributed by atoms with E-state index in [2.05, 4.69) is 16.0 Å². The number of amides is 3. The Morgan fingerprint density at radius 2 is 1.52 bits per heavy atom. The van der Waals surface area contributed by atoms with Gasteiger partial charge in [-0.05, 0) is 72.5 Å². The van der Waals surface area contributed by atoms with E-state index in [-0.39, 0.29) is 30.2 Å². The van der Waals surface area contributed by atoms with Gasteiger partial charge in [-0.3, -0.25) is 14.4 Å². The van der Waals surface area contributed by atoms with Crippen LogP contribution in [0.2, 0.25) is 0 Å². The Balaban J connectivity index is 1.34. The van der Waals surface area contributed by atoms with Crippen molar-refractivity contribution >= 4 is 29.1 Å². The third-order valence-electron chi connectivity index (χ3n) is 5.58. The van der Waals surface area contributed by atoms with Crippen molar-refractivity contribution < 1.29 is 18.8 Å². The van der Waals surface area contributed by atoms with Crippen molar-refractivity contribution in [1.29, 1.82) is 0 Å². The van der Waals surface area contributed by atoms with Crippen LogP contribution in [-0.4, -0.2) is 17.7 Å². The normalized spacial score (nSPS) is 16.5. The highest BCUT2D eigenvalue weighted by Crippen LogP contribution is 2.38. The minimum atomic E-state index is -0.408. The number of benzene rings is 3. The summed E-state index contributed by atoms with van der Waals surface area (Å²) in [5, 5.41) is 8.48. The Morgan fingerprint density at radius 3 is 2.21 bits per heavy atom. The largest absolute Gasteiger partial charge is 0.348 e. The third-order valence-corrected chi connectivity index (χ3v) is 5.58. The Labute approximate surface area is 191 Å². The summed E-state index contributed by atoms with van der Waals surface area (Å²) < 4.78 is 13.0. The van der Waals surface area contributed by atoms with E-state index >= 15 is 0 Å². The smallest absolute Gasteiger partial charge is 0.255 e. The molecule has 3 aromatic carbocycles. The van der Waals surface area contributed by atoms with Gasteiger partial charge in [-0.1, -0.05) is 25.1 Å². The van der Waals surface area contributed by atoms with E-state index < -0.39 is 5.82 Å². The minimum absolute atomic E-state index is 0.0143.